The van der Waals surface area contributed by atoms with Gasteiger partial charge in [0.15, 0.2) is 18.2 Å². The molecule has 0 aromatic heterocycles. The highest BCUT2D eigenvalue weighted by Gasteiger charge is 2.38. The van der Waals surface area contributed by atoms with Crippen molar-refractivity contribution in [3.8, 4) is 0 Å². The number of Topliss-reactive ketones (excluding diaryl/α,β-unsaturated/α-hetero) is 1. The van der Waals surface area contributed by atoms with Gasteiger partial charge in [-0.3, -0.25) is 19.2 Å². The van der Waals surface area contributed by atoms with Crippen molar-refractivity contribution in [1.29, 1.82) is 0 Å². The molecule has 0 unspecified atom stereocenters. The molecule has 0 aliphatic carbocycles. The van der Waals surface area contributed by atoms with Crippen LogP contribution in [0.15, 0.2) is 72.8 Å². The standard InChI is InChI=1S/C26H19Cl2NO5/c27-19-8-6-16(7-9-19)23(30)15-34-26(33)18-12-24(31)29(14-18)22-11-10-20(28)13-21(22)25(32)17-4-2-1-3-5-17/h1-11,13,18H,12,14-15H2/t18-/m0/s1. The van der Waals surface area contributed by atoms with Crippen molar-refractivity contribution < 1.29 is 23.9 Å². The van der Waals surface area contributed by atoms with E-state index in [0.29, 0.717) is 26.9 Å². The quantitative estimate of drug-likeness (QED) is 0.340. The molecule has 3 aromatic rings. The van der Waals surface area contributed by atoms with Gasteiger partial charge in [0.25, 0.3) is 0 Å². The Morgan fingerprint density at radius 2 is 1.56 bits per heavy atom. The maximum Gasteiger partial charge on any atom is 0.311 e. The van der Waals surface area contributed by atoms with E-state index in [4.69, 9.17) is 27.9 Å². The molecular weight excluding hydrogens is 477 g/mol. The van der Waals surface area contributed by atoms with Crippen molar-refractivity contribution in [3.63, 3.8) is 0 Å². The highest BCUT2D eigenvalue weighted by atomic mass is 35.5. The summed E-state index contributed by atoms with van der Waals surface area (Å²) in [4.78, 5) is 52.1. The zero-order valence-electron chi connectivity index (χ0n) is 17.9. The molecule has 1 aliphatic heterocycles. The van der Waals surface area contributed by atoms with Crippen LogP contribution in [0.1, 0.15) is 32.7 Å². The fraction of sp³-hybridized carbons (Fsp3) is 0.154. The molecule has 0 saturated carbocycles. The predicted molar refractivity (Wildman–Crippen MR) is 129 cm³/mol. The van der Waals surface area contributed by atoms with Crippen molar-refractivity contribution in [1.82, 2.24) is 0 Å². The Morgan fingerprint density at radius 3 is 2.26 bits per heavy atom. The third-order valence-electron chi connectivity index (χ3n) is 5.50. The second kappa shape index (κ2) is 10.2. The Balaban J connectivity index is 1.47. The van der Waals surface area contributed by atoms with E-state index in [-0.39, 0.29) is 36.0 Å². The number of rotatable bonds is 7. The summed E-state index contributed by atoms with van der Waals surface area (Å²) in [6.07, 6.45) is -0.0877. The van der Waals surface area contributed by atoms with Crippen LogP contribution >= 0.6 is 23.2 Å². The van der Waals surface area contributed by atoms with Gasteiger partial charge < -0.3 is 9.64 Å². The minimum atomic E-state index is -0.763. The molecule has 1 amide bonds. The van der Waals surface area contributed by atoms with Gasteiger partial charge in [-0.15, -0.1) is 0 Å². The Labute approximate surface area is 206 Å². The van der Waals surface area contributed by atoms with E-state index in [0.717, 1.165) is 0 Å². The summed E-state index contributed by atoms with van der Waals surface area (Å²) in [6, 6.07) is 19.6. The maximum atomic E-state index is 13.1. The number of benzene rings is 3. The fourth-order valence-electron chi connectivity index (χ4n) is 3.74. The van der Waals surface area contributed by atoms with Crippen LogP contribution in [0.5, 0.6) is 0 Å². The van der Waals surface area contributed by atoms with Gasteiger partial charge >= 0.3 is 5.97 Å². The molecule has 0 radical (unpaired) electrons. The average Bonchev–Trinajstić information content (AvgIpc) is 3.24. The predicted octanol–water partition coefficient (Wildman–Crippen LogP) is 5.00. The zero-order chi connectivity index (χ0) is 24.2. The van der Waals surface area contributed by atoms with E-state index in [1.54, 1.807) is 66.7 Å². The van der Waals surface area contributed by atoms with E-state index in [2.05, 4.69) is 0 Å². The van der Waals surface area contributed by atoms with E-state index in [1.807, 2.05) is 0 Å². The first-order chi connectivity index (χ1) is 16.3. The normalized spacial score (nSPS) is 15.3. The van der Waals surface area contributed by atoms with Crippen molar-refractivity contribution in [2.24, 2.45) is 5.92 Å². The maximum absolute atomic E-state index is 13.1. The van der Waals surface area contributed by atoms with Crippen LogP contribution in [-0.2, 0) is 14.3 Å². The van der Waals surface area contributed by atoms with Gasteiger partial charge in [-0.1, -0.05) is 53.5 Å². The number of esters is 1. The first-order valence-corrected chi connectivity index (χ1v) is 11.2. The number of ether oxygens (including phenoxy) is 1. The smallest absolute Gasteiger partial charge is 0.311 e. The molecule has 6 nitrogen and oxygen atoms in total. The lowest BCUT2D eigenvalue weighted by molar-refractivity contribution is -0.147. The molecule has 8 heteroatoms. The van der Waals surface area contributed by atoms with Crippen LogP contribution in [0.25, 0.3) is 0 Å². The summed E-state index contributed by atoms with van der Waals surface area (Å²) in [5, 5.41) is 0.844. The minimum absolute atomic E-state index is 0.0313. The van der Waals surface area contributed by atoms with Crippen LogP contribution < -0.4 is 4.90 Å². The topological polar surface area (TPSA) is 80.8 Å². The zero-order valence-corrected chi connectivity index (χ0v) is 19.4. The van der Waals surface area contributed by atoms with Crippen LogP contribution in [0.3, 0.4) is 0 Å². The lowest BCUT2D eigenvalue weighted by atomic mass is 10.0. The highest BCUT2D eigenvalue weighted by molar-refractivity contribution is 6.31. The molecule has 172 valence electrons. The van der Waals surface area contributed by atoms with Gasteiger partial charge in [0.2, 0.25) is 5.91 Å². The number of amides is 1. The number of hydrogen-bond donors (Lipinski definition) is 0. The molecule has 1 heterocycles. The minimum Gasteiger partial charge on any atom is -0.457 e. The summed E-state index contributed by atoms with van der Waals surface area (Å²) in [7, 11) is 0. The van der Waals surface area contributed by atoms with Gasteiger partial charge in [0.05, 0.1) is 11.6 Å². The molecule has 3 aromatic carbocycles. The summed E-state index contributed by atoms with van der Waals surface area (Å²) >= 11 is 12.0. The fourth-order valence-corrected chi connectivity index (χ4v) is 4.04. The number of carbonyl (C=O) groups is 4. The summed E-state index contributed by atoms with van der Waals surface area (Å²) in [5.74, 6) is -2.40. The Bertz CT molecular complexity index is 1260. The van der Waals surface area contributed by atoms with Crippen LogP contribution in [0.4, 0.5) is 5.69 Å². The first kappa shape index (κ1) is 23.7. The molecule has 1 aliphatic rings. The number of anilines is 1. The third-order valence-corrected chi connectivity index (χ3v) is 5.99. The Hall–Kier alpha value is -3.48. The molecule has 4 rings (SSSR count). The number of halogens is 2. The molecule has 1 atom stereocenters. The van der Waals surface area contributed by atoms with Crippen LogP contribution in [-0.4, -0.2) is 36.6 Å². The Morgan fingerprint density at radius 1 is 0.882 bits per heavy atom. The summed E-state index contributed by atoms with van der Waals surface area (Å²) in [5.41, 5.74) is 1.45. The number of carbonyl (C=O) groups excluding carboxylic acids is 4. The monoisotopic (exact) mass is 495 g/mol. The van der Waals surface area contributed by atoms with Gasteiger partial charge in [0.1, 0.15) is 0 Å². The summed E-state index contributed by atoms with van der Waals surface area (Å²) in [6.45, 7) is -0.409. The van der Waals surface area contributed by atoms with E-state index in [1.165, 1.54) is 11.0 Å². The third kappa shape index (κ3) is 5.19. The van der Waals surface area contributed by atoms with Gasteiger partial charge in [-0.2, -0.15) is 0 Å². The molecule has 0 bridgehead atoms. The largest absolute Gasteiger partial charge is 0.457 e. The molecule has 1 saturated heterocycles. The number of ketones is 2. The highest BCUT2D eigenvalue weighted by Crippen LogP contribution is 2.32. The van der Waals surface area contributed by atoms with Gasteiger partial charge in [-0.05, 0) is 42.5 Å². The molecular formula is C26H19Cl2NO5. The lowest BCUT2D eigenvalue weighted by Gasteiger charge is -2.20. The SMILES string of the molecule is O=C(COC(=O)[C@H]1CC(=O)N(c2ccc(Cl)cc2C(=O)c2ccccc2)C1)c1ccc(Cl)cc1. The van der Waals surface area contributed by atoms with E-state index in [9.17, 15) is 19.2 Å². The van der Waals surface area contributed by atoms with Gasteiger partial charge in [0, 0.05) is 39.7 Å². The second-order valence-corrected chi connectivity index (χ2v) is 8.67. The Kier molecular flexibility index (Phi) is 7.10. The van der Waals surface area contributed by atoms with E-state index >= 15 is 0 Å². The molecule has 0 spiro atoms. The molecule has 0 N–H and O–H groups in total. The second-order valence-electron chi connectivity index (χ2n) is 7.80. The summed E-state index contributed by atoms with van der Waals surface area (Å²) < 4.78 is 5.18. The van der Waals surface area contributed by atoms with Crippen molar-refractivity contribution in [2.75, 3.05) is 18.1 Å². The number of nitrogens with zero attached hydrogens (tertiary/aromatic N) is 1. The van der Waals surface area contributed by atoms with Gasteiger partial charge in [-0.25, -0.2) is 0 Å². The lowest BCUT2D eigenvalue weighted by Crippen LogP contribution is -2.28. The first-order valence-electron chi connectivity index (χ1n) is 10.5. The molecule has 34 heavy (non-hydrogen) atoms. The number of hydrogen-bond acceptors (Lipinski definition) is 5. The van der Waals surface area contributed by atoms with Crippen molar-refractivity contribution in [2.45, 2.75) is 6.42 Å². The van der Waals surface area contributed by atoms with Crippen molar-refractivity contribution >= 4 is 52.3 Å². The van der Waals surface area contributed by atoms with Crippen molar-refractivity contribution in [3.05, 3.63) is 99.5 Å². The molecule has 1 fully saturated rings. The van der Waals surface area contributed by atoms with Crippen LogP contribution in [0.2, 0.25) is 10.0 Å². The average molecular weight is 496 g/mol. The van der Waals surface area contributed by atoms with Crippen LogP contribution in [0, 0.1) is 5.92 Å². The van der Waals surface area contributed by atoms with E-state index < -0.39 is 18.5 Å².